The summed E-state index contributed by atoms with van der Waals surface area (Å²) in [6.07, 6.45) is 1.84. The van der Waals surface area contributed by atoms with Gasteiger partial charge >= 0.3 is 0 Å². The Kier molecular flexibility index (Phi) is 5.42. The van der Waals surface area contributed by atoms with Gasteiger partial charge in [-0.2, -0.15) is 0 Å². The Morgan fingerprint density at radius 1 is 1.30 bits per heavy atom. The smallest absolute Gasteiger partial charge is 0.255 e. The molecule has 0 radical (unpaired) electrons. The van der Waals surface area contributed by atoms with Gasteiger partial charge < -0.3 is 15.3 Å². The van der Waals surface area contributed by atoms with E-state index < -0.39 is 5.41 Å². The van der Waals surface area contributed by atoms with Gasteiger partial charge in [0.15, 0.2) is 0 Å². The summed E-state index contributed by atoms with van der Waals surface area (Å²) in [4.78, 5) is 26.8. The predicted molar refractivity (Wildman–Crippen MR) is 90.2 cm³/mol. The van der Waals surface area contributed by atoms with Crippen molar-refractivity contribution in [3.63, 3.8) is 0 Å². The summed E-state index contributed by atoms with van der Waals surface area (Å²) < 4.78 is 0. The fraction of sp³-hybridized carbons (Fsp3) is 0.556. The lowest BCUT2D eigenvalue weighted by Gasteiger charge is -2.32. The van der Waals surface area contributed by atoms with Gasteiger partial charge in [0, 0.05) is 25.1 Å². The summed E-state index contributed by atoms with van der Waals surface area (Å²) in [5.74, 6) is -0.0679. The maximum atomic E-state index is 12.8. The number of aliphatic hydroxyl groups excluding tert-OH is 1. The highest BCUT2D eigenvalue weighted by Gasteiger charge is 2.27. The van der Waals surface area contributed by atoms with Crippen LogP contribution in [0.4, 0.5) is 5.69 Å². The van der Waals surface area contributed by atoms with E-state index in [0.717, 1.165) is 12.8 Å². The Labute approximate surface area is 137 Å². The third-order valence-corrected chi connectivity index (χ3v) is 4.15. The number of piperidine rings is 1. The number of carbonyl (C=O) groups is 2. The first-order valence-corrected chi connectivity index (χ1v) is 8.13. The van der Waals surface area contributed by atoms with Crippen LogP contribution in [0, 0.1) is 11.3 Å². The van der Waals surface area contributed by atoms with E-state index in [0.29, 0.717) is 24.3 Å². The molecule has 1 fully saturated rings. The monoisotopic (exact) mass is 318 g/mol. The molecule has 2 N–H and O–H groups in total. The second-order valence-electron chi connectivity index (χ2n) is 7.19. The first-order chi connectivity index (χ1) is 10.8. The molecule has 1 unspecified atom stereocenters. The fourth-order valence-electron chi connectivity index (χ4n) is 2.66. The Bertz CT molecular complexity index is 578. The molecule has 1 saturated heterocycles. The number of nitrogens with one attached hydrogen (secondary N) is 1. The van der Waals surface area contributed by atoms with Crippen LogP contribution >= 0.6 is 0 Å². The highest BCUT2D eigenvalue weighted by Crippen LogP contribution is 2.24. The molecule has 126 valence electrons. The Hall–Kier alpha value is -1.88. The van der Waals surface area contributed by atoms with Crippen molar-refractivity contribution >= 4 is 17.5 Å². The van der Waals surface area contributed by atoms with Crippen molar-refractivity contribution in [1.82, 2.24) is 4.90 Å². The van der Waals surface area contributed by atoms with E-state index in [2.05, 4.69) is 5.32 Å². The van der Waals surface area contributed by atoms with E-state index >= 15 is 0 Å². The third kappa shape index (κ3) is 4.32. The largest absolute Gasteiger partial charge is 0.396 e. The Balaban J connectivity index is 2.19. The van der Waals surface area contributed by atoms with Crippen LogP contribution in [0.2, 0.25) is 0 Å². The summed E-state index contributed by atoms with van der Waals surface area (Å²) in [6, 6.07) is 7.10. The zero-order valence-corrected chi connectivity index (χ0v) is 14.1. The number of carbonyl (C=O) groups excluding carboxylic acids is 2. The van der Waals surface area contributed by atoms with Crippen LogP contribution in [0.25, 0.3) is 0 Å². The molecule has 1 aliphatic rings. The maximum Gasteiger partial charge on any atom is 0.255 e. The van der Waals surface area contributed by atoms with Gasteiger partial charge in [-0.05, 0) is 30.9 Å². The quantitative estimate of drug-likeness (QED) is 0.899. The predicted octanol–water partition coefficient (Wildman–Crippen LogP) is 2.52. The highest BCUT2D eigenvalue weighted by molar-refractivity contribution is 6.04. The second kappa shape index (κ2) is 7.13. The van der Waals surface area contributed by atoms with Crippen LogP contribution in [-0.4, -0.2) is 41.5 Å². The summed E-state index contributed by atoms with van der Waals surface area (Å²) in [5, 5.41) is 12.2. The van der Waals surface area contributed by atoms with E-state index in [1.807, 2.05) is 26.8 Å². The molecule has 23 heavy (non-hydrogen) atoms. The maximum absolute atomic E-state index is 12.8. The third-order valence-electron chi connectivity index (χ3n) is 4.15. The Morgan fingerprint density at radius 2 is 2.00 bits per heavy atom. The molecule has 0 saturated carbocycles. The molecule has 1 heterocycles. The summed E-state index contributed by atoms with van der Waals surface area (Å²) in [5.41, 5.74) is 0.524. The number of rotatable bonds is 3. The molecule has 2 rings (SSSR count). The first-order valence-electron chi connectivity index (χ1n) is 8.13. The van der Waals surface area contributed by atoms with Gasteiger partial charge in [0.05, 0.1) is 11.3 Å². The van der Waals surface area contributed by atoms with Crippen LogP contribution < -0.4 is 5.32 Å². The van der Waals surface area contributed by atoms with Gasteiger partial charge in [-0.25, -0.2) is 0 Å². The normalized spacial score (nSPS) is 18.6. The van der Waals surface area contributed by atoms with Crippen LogP contribution in [0.1, 0.15) is 44.0 Å². The molecule has 0 spiro atoms. The summed E-state index contributed by atoms with van der Waals surface area (Å²) in [7, 11) is 0. The van der Waals surface area contributed by atoms with Crippen LogP contribution in [-0.2, 0) is 4.79 Å². The average molecular weight is 318 g/mol. The van der Waals surface area contributed by atoms with Crippen LogP contribution in [0.3, 0.4) is 0 Å². The van der Waals surface area contributed by atoms with Gasteiger partial charge in [0.25, 0.3) is 5.91 Å². The van der Waals surface area contributed by atoms with Gasteiger partial charge in [0.2, 0.25) is 5.91 Å². The average Bonchev–Trinajstić information content (AvgIpc) is 2.54. The number of likely N-dealkylation sites (tertiary alicyclic amines) is 1. The first kappa shape index (κ1) is 17.5. The van der Waals surface area contributed by atoms with Gasteiger partial charge in [0.1, 0.15) is 0 Å². The molecule has 0 aliphatic carbocycles. The molecular weight excluding hydrogens is 292 g/mol. The summed E-state index contributed by atoms with van der Waals surface area (Å²) in [6.45, 7) is 6.87. The topological polar surface area (TPSA) is 69.6 Å². The number of para-hydroxylation sites is 1. The molecule has 5 nitrogen and oxygen atoms in total. The molecule has 5 heteroatoms. The molecule has 1 aromatic carbocycles. The lowest BCUT2D eigenvalue weighted by molar-refractivity contribution is -0.123. The lowest BCUT2D eigenvalue weighted by Crippen LogP contribution is -2.41. The number of anilines is 1. The van der Waals surface area contributed by atoms with Crippen molar-refractivity contribution in [2.24, 2.45) is 11.3 Å². The second-order valence-corrected chi connectivity index (χ2v) is 7.19. The molecule has 1 aromatic rings. The van der Waals surface area contributed by atoms with E-state index in [1.165, 1.54) is 0 Å². The van der Waals surface area contributed by atoms with Gasteiger partial charge in [-0.15, -0.1) is 0 Å². The van der Waals surface area contributed by atoms with Gasteiger partial charge in [-0.1, -0.05) is 32.9 Å². The zero-order chi connectivity index (χ0) is 17.0. The van der Waals surface area contributed by atoms with E-state index in [9.17, 15) is 14.7 Å². The number of amides is 2. The molecule has 2 amide bonds. The fourth-order valence-corrected chi connectivity index (χ4v) is 2.66. The number of nitrogens with zero attached hydrogens (tertiary/aromatic N) is 1. The van der Waals surface area contributed by atoms with Crippen molar-refractivity contribution in [3.8, 4) is 0 Å². The van der Waals surface area contributed by atoms with Crippen molar-refractivity contribution in [2.45, 2.75) is 33.6 Å². The van der Waals surface area contributed by atoms with E-state index in [1.54, 1.807) is 23.1 Å². The number of hydrogen-bond donors (Lipinski definition) is 2. The van der Waals surface area contributed by atoms with Crippen molar-refractivity contribution in [2.75, 3.05) is 25.0 Å². The van der Waals surface area contributed by atoms with Crippen molar-refractivity contribution in [3.05, 3.63) is 29.8 Å². The van der Waals surface area contributed by atoms with Crippen molar-refractivity contribution in [1.29, 1.82) is 0 Å². The molecule has 1 atom stereocenters. The molecule has 0 bridgehead atoms. The standard InChI is InChI=1S/C18H26N2O3/c1-18(2,3)17(23)19-15-9-5-4-8-14(15)16(22)20-10-6-7-13(11-20)12-21/h4-5,8-9,13,21H,6-7,10-12H2,1-3H3,(H,19,23). The number of hydrogen-bond acceptors (Lipinski definition) is 3. The Morgan fingerprint density at radius 3 is 2.65 bits per heavy atom. The molecule has 1 aliphatic heterocycles. The van der Waals surface area contributed by atoms with Crippen LogP contribution in [0.5, 0.6) is 0 Å². The molecular formula is C18H26N2O3. The van der Waals surface area contributed by atoms with Gasteiger partial charge in [-0.3, -0.25) is 9.59 Å². The van der Waals surface area contributed by atoms with E-state index in [-0.39, 0.29) is 24.3 Å². The van der Waals surface area contributed by atoms with Crippen molar-refractivity contribution < 1.29 is 14.7 Å². The lowest BCUT2D eigenvalue weighted by atomic mass is 9.95. The minimum Gasteiger partial charge on any atom is -0.396 e. The zero-order valence-electron chi connectivity index (χ0n) is 14.1. The van der Waals surface area contributed by atoms with E-state index in [4.69, 9.17) is 0 Å². The summed E-state index contributed by atoms with van der Waals surface area (Å²) >= 11 is 0. The minimum absolute atomic E-state index is 0.0899. The van der Waals surface area contributed by atoms with Crippen LogP contribution in [0.15, 0.2) is 24.3 Å². The number of benzene rings is 1. The molecule has 0 aromatic heterocycles. The highest BCUT2D eigenvalue weighted by atomic mass is 16.3. The number of aliphatic hydroxyl groups is 1. The minimum atomic E-state index is -0.525. The SMILES string of the molecule is CC(C)(C)C(=O)Nc1ccccc1C(=O)N1CCCC(CO)C1.